The normalized spacial score (nSPS) is 58.2. The van der Waals surface area contributed by atoms with Gasteiger partial charge in [-0.25, -0.2) is 0 Å². The van der Waals surface area contributed by atoms with Crippen molar-refractivity contribution < 1.29 is 14.4 Å². The maximum Gasteiger partial charge on any atom is 0.229 e. The molecule has 7 fully saturated rings. The van der Waals surface area contributed by atoms with Crippen molar-refractivity contribution in [3.63, 3.8) is 0 Å². The van der Waals surface area contributed by atoms with Gasteiger partial charge in [0.1, 0.15) is 11.6 Å². The van der Waals surface area contributed by atoms with E-state index in [4.69, 9.17) is 0 Å². The van der Waals surface area contributed by atoms with Gasteiger partial charge in [-0.05, 0) is 37.0 Å². The summed E-state index contributed by atoms with van der Waals surface area (Å²) in [7, 11) is 1.94. The molecule has 0 aromatic heterocycles. The third-order valence-electron chi connectivity index (χ3n) is 9.48. The molecule has 6 saturated carbocycles. The maximum absolute atomic E-state index is 13.5. The monoisotopic (exact) mass is 339 g/mol. The fraction of sp³-hybridized carbons (Fsp3) is 0.762. The Morgan fingerprint density at radius 2 is 1.88 bits per heavy atom. The molecule has 4 heteroatoms. The van der Waals surface area contributed by atoms with Crippen LogP contribution in [0.4, 0.5) is 0 Å². The summed E-state index contributed by atoms with van der Waals surface area (Å²) in [6, 6.07) is 0.0804. The van der Waals surface area contributed by atoms with E-state index in [9.17, 15) is 14.4 Å². The molecule has 1 heterocycles. The largest absolute Gasteiger partial charge is 0.341 e. The zero-order valence-electron chi connectivity index (χ0n) is 15.0. The summed E-state index contributed by atoms with van der Waals surface area (Å²) in [6.07, 6.45) is 4.84. The van der Waals surface area contributed by atoms with E-state index in [0.29, 0.717) is 18.1 Å². The molecule has 0 N–H and O–H groups in total. The Morgan fingerprint density at radius 3 is 2.64 bits per heavy atom. The minimum absolute atomic E-state index is 0.0166. The Labute approximate surface area is 148 Å². The average molecular weight is 339 g/mol. The van der Waals surface area contributed by atoms with Gasteiger partial charge in [0.2, 0.25) is 5.91 Å². The first-order valence-electron chi connectivity index (χ1n) is 9.80. The molecular weight excluding hydrogens is 314 g/mol. The highest BCUT2D eigenvalue weighted by atomic mass is 16.2. The van der Waals surface area contributed by atoms with Gasteiger partial charge in [-0.2, -0.15) is 0 Å². The van der Waals surface area contributed by atoms with Crippen molar-refractivity contribution in [3.05, 3.63) is 12.2 Å². The topological polar surface area (TPSA) is 54.5 Å². The Hall–Kier alpha value is -1.45. The van der Waals surface area contributed by atoms with Gasteiger partial charge in [0, 0.05) is 42.7 Å². The second-order valence-electron chi connectivity index (χ2n) is 10.1. The summed E-state index contributed by atoms with van der Waals surface area (Å²) in [4.78, 5) is 42.3. The number of hydrogen-bond donors (Lipinski definition) is 0. The Balaban J connectivity index is 1.70. The first-order chi connectivity index (χ1) is 11.8. The number of hydrogen-bond acceptors (Lipinski definition) is 3. The number of amides is 1. The molecule has 132 valence electrons. The van der Waals surface area contributed by atoms with Crippen LogP contribution in [0.5, 0.6) is 0 Å². The molecule has 2 spiro atoms. The Kier molecular flexibility index (Phi) is 2.23. The van der Waals surface area contributed by atoms with Gasteiger partial charge < -0.3 is 4.90 Å². The van der Waals surface area contributed by atoms with Crippen LogP contribution in [0.3, 0.4) is 0 Å². The van der Waals surface area contributed by atoms with Gasteiger partial charge in [0.15, 0.2) is 0 Å². The van der Waals surface area contributed by atoms with Crippen LogP contribution in [0.15, 0.2) is 12.2 Å². The highest BCUT2D eigenvalue weighted by Crippen LogP contribution is 2.81. The lowest BCUT2D eigenvalue weighted by Crippen LogP contribution is -2.71. The van der Waals surface area contributed by atoms with Crippen LogP contribution < -0.4 is 0 Å². The third-order valence-corrected chi connectivity index (χ3v) is 9.48. The lowest BCUT2D eigenvalue weighted by molar-refractivity contribution is -0.196. The Bertz CT molecular complexity index is 801. The molecule has 0 aromatic carbocycles. The van der Waals surface area contributed by atoms with Gasteiger partial charge in [0.05, 0.1) is 5.41 Å². The van der Waals surface area contributed by atoms with Crippen molar-refractivity contribution in [2.75, 3.05) is 7.05 Å². The van der Waals surface area contributed by atoms with Crippen molar-refractivity contribution in [2.45, 2.75) is 51.5 Å². The Morgan fingerprint density at radius 1 is 1.12 bits per heavy atom. The molecule has 6 aliphatic carbocycles. The molecule has 1 unspecified atom stereocenters. The predicted octanol–water partition coefficient (Wildman–Crippen LogP) is 2.37. The number of ketones is 2. The molecule has 0 aromatic rings. The van der Waals surface area contributed by atoms with Crippen LogP contribution in [0.25, 0.3) is 0 Å². The molecule has 6 bridgehead atoms. The number of rotatable bonds is 0. The summed E-state index contributed by atoms with van der Waals surface area (Å²) in [5, 5.41) is 0. The molecule has 1 aliphatic heterocycles. The number of likely N-dealkylation sites (tertiary alicyclic amines) is 1. The fourth-order valence-corrected chi connectivity index (χ4v) is 9.28. The van der Waals surface area contributed by atoms with Crippen molar-refractivity contribution >= 4 is 17.5 Å². The summed E-state index contributed by atoms with van der Waals surface area (Å²) in [6.45, 7) is 6.22. The minimum Gasteiger partial charge on any atom is -0.341 e. The van der Waals surface area contributed by atoms with E-state index in [1.165, 1.54) is 0 Å². The van der Waals surface area contributed by atoms with Crippen LogP contribution in [-0.2, 0) is 14.4 Å². The van der Waals surface area contributed by atoms with Crippen molar-refractivity contribution in [1.29, 1.82) is 0 Å². The predicted molar refractivity (Wildman–Crippen MR) is 90.3 cm³/mol. The highest BCUT2D eigenvalue weighted by Gasteiger charge is 2.84. The van der Waals surface area contributed by atoms with E-state index in [1.807, 2.05) is 18.9 Å². The standard InChI is InChI=1S/C21H25NO3/c1-10-8-20-9-13(23)15-19(2)5-4-6-21(15)16(20)14(24)11(10)7-12(20)17(21)22(3)18(19)25/h11-12,15-17H,1,4-9H2,2-3H3/t11-,12+,15-,16+,17+,19+,20?,21-/m0/s1. The fourth-order valence-electron chi connectivity index (χ4n) is 9.28. The summed E-state index contributed by atoms with van der Waals surface area (Å²) >= 11 is 0. The van der Waals surface area contributed by atoms with Gasteiger partial charge in [-0.3, -0.25) is 14.4 Å². The average Bonchev–Trinajstić information content (AvgIpc) is 2.63. The SMILES string of the molecule is C=C1CC23CC(=O)[C@@H]4[C@]56CCC[C@@]4(C)C(=O)N(C)[C@@H]5[C@H]2C[C@@H]1C(=O)[C@H]36. The number of allylic oxidation sites excluding steroid dienone is 1. The molecule has 7 rings (SSSR count). The summed E-state index contributed by atoms with van der Waals surface area (Å²) < 4.78 is 0. The van der Waals surface area contributed by atoms with Crippen LogP contribution in [0.2, 0.25) is 0 Å². The number of piperidine rings is 1. The second kappa shape index (κ2) is 3.79. The van der Waals surface area contributed by atoms with E-state index >= 15 is 0 Å². The second-order valence-corrected chi connectivity index (χ2v) is 10.1. The van der Waals surface area contributed by atoms with E-state index in [1.54, 1.807) is 0 Å². The van der Waals surface area contributed by atoms with Crippen LogP contribution in [0, 0.1) is 39.9 Å². The van der Waals surface area contributed by atoms with Gasteiger partial charge in [-0.15, -0.1) is 0 Å². The van der Waals surface area contributed by atoms with Crippen molar-refractivity contribution in [2.24, 2.45) is 39.9 Å². The summed E-state index contributed by atoms with van der Waals surface area (Å²) in [5.41, 5.74) is -0.0807. The van der Waals surface area contributed by atoms with Crippen LogP contribution >= 0.6 is 0 Å². The maximum atomic E-state index is 13.5. The van der Waals surface area contributed by atoms with Crippen LogP contribution in [0.1, 0.15) is 45.4 Å². The zero-order chi connectivity index (χ0) is 17.5. The number of carbonyl (C=O) groups is 3. The quantitative estimate of drug-likeness (QED) is 0.637. The van der Waals surface area contributed by atoms with E-state index in [2.05, 4.69) is 6.58 Å². The summed E-state index contributed by atoms with van der Waals surface area (Å²) in [5.74, 6) is 0.807. The minimum atomic E-state index is -0.601. The molecule has 8 atom stereocenters. The third kappa shape index (κ3) is 1.16. The molecule has 4 nitrogen and oxygen atoms in total. The number of nitrogens with zero attached hydrogens (tertiary/aromatic N) is 1. The van der Waals surface area contributed by atoms with E-state index < -0.39 is 5.41 Å². The molecule has 1 amide bonds. The highest BCUT2D eigenvalue weighted by molar-refractivity contribution is 6.01. The number of fused-ring (bicyclic) bond motifs is 1. The number of Topliss-reactive ketones (excluding diaryl/α,β-unsaturated/α-hetero) is 2. The molecule has 25 heavy (non-hydrogen) atoms. The molecule has 7 aliphatic rings. The van der Waals surface area contributed by atoms with Crippen molar-refractivity contribution in [3.8, 4) is 0 Å². The van der Waals surface area contributed by atoms with E-state index in [-0.39, 0.29) is 46.3 Å². The van der Waals surface area contributed by atoms with Gasteiger partial charge in [-0.1, -0.05) is 25.5 Å². The lowest BCUT2D eigenvalue weighted by Gasteiger charge is -2.64. The smallest absolute Gasteiger partial charge is 0.229 e. The molecular formula is C21H25NO3. The first-order valence-corrected chi connectivity index (χ1v) is 9.80. The van der Waals surface area contributed by atoms with E-state index in [0.717, 1.165) is 37.7 Å². The van der Waals surface area contributed by atoms with Gasteiger partial charge >= 0.3 is 0 Å². The van der Waals surface area contributed by atoms with Crippen molar-refractivity contribution in [1.82, 2.24) is 4.90 Å². The lowest BCUT2D eigenvalue weighted by atomic mass is 9.39. The molecule has 0 radical (unpaired) electrons. The van der Waals surface area contributed by atoms with Gasteiger partial charge in [0.25, 0.3) is 0 Å². The number of carbonyl (C=O) groups excluding carboxylic acids is 3. The molecule has 1 saturated heterocycles. The first kappa shape index (κ1) is 14.7. The zero-order valence-corrected chi connectivity index (χ0v) is 15.0. The van der Waals surface area contributed by atoms with Crippen LogP contribution in [-0.4, -0.2) is 35.5 Å².